The maximum atomic E-state index is 15.7. The lowest BCUT2D eigenvalue weighted by Gasteiger charge is -2.54. The summed E-state index contributed by atoms with van der Waals surface area (Å²) in [5, 5.41) is 21.2. The fourth-order valence-corrected chi connectivity index (χ4v) is 8.32. The molecule has 1 atom stereocenters. The Balaban J connectivity index is 0.000000588. The molecule has 1 spiro atoms. The molecule has 4 aliphatic rings. The Kier molecular flexibility index (Phi) is 9.91. The van der Waals surface area contributed by atoms with Crippen LogP contribution in [-0.2, 0) is 33.9 Å². The van der Waals surface area contributed by atoms with E-state index in [4.69, 9.17) is 15.0 Å². The minimum atomic E-state index is -5.08. The first-order valence-electron chi connectivity index (χ1n) is 17.2. The molecule has 0 aliphatic carbocycles. The van der Waals surface area contributed by atoms with Crippen LogP contribution in [0.25, 0.3) is 11.1 Å². The standard InChI is InChI=1S/C34H34FN7O4S.C2HF3O2/c35-26-15-22(21-3-5-23(6-4-21)40-11-7-34(8-12-40)18-39(19-34)17-28(43)44)14-24-25(26)16-42(32(24)46)30(31(45)38-33-36-9-13-47-33)29-27-2-1-10-41(27)20-37-29;3-2(4,5)1(6)7/h3-6,9,13-15,20,30H,1-2,7-8,10-12,16-19H2,(H,43,44)(H,36,38,45);(H,6,7). The molecule has 3 N–H and O–H groups in total. The molecule has 2 aromatic carbocycles. The Morgan fingerprint density at radius 1 is 1.00 bits per heavy atom. The van der Waals surface area contributed by atoms with Crippen molar-refractivity contribution < 1.29 is 47.0 Å². The minimum Gasteiger partial charge on any atom is -0.480 e. The highest BCUT2D eigenvalue weighted by Crippen LogP contribution is 2.42. The number of rotatable bonds is 8. The highest BCUT2D eigenvalue weighted by Gasteiger charge is 2.45. The largest absolute Gasteiger partial charge is 0.490 e. The first kappa shape index (κ1) is 37.0. The van der Waals surface area contributed by atoms with Gasteiger partial charge in [0.1, 0.15) is 5.82 Å². The molecule has 18 heteroatoms. The van der Waals surface area contributed by atoms with E-state index >= 15 is 4.39 Å². The lowest BCUT2D eigenvalue weighted by molar-refractivity contribution is -0.192. The van der Waals surface area contributed by atoms with Gasteiger partial charge in [0.2, 0.25) is 0 Å². The number of thiazole rings is 1. The molecule has 8 rings (SSSR count). The van der Waals surface area contributed by atoms with E-state index in [0.29, 0.717) is 16.4 Å². The Hall–Kier alpha value is -5.36. The number of likely N-dealkylation sites (tertiary alicyclic amines) is 1. The van der Waals surface area contributed by atoms with Gasteiger partial charge in [-0.2, -0.15) is 13.2 Å². The molecular formula is C36H35F4N7O6S. The second-order valence-corrected chi connectivity index (χ2v) is 14.8. The van der Waals surface area contributed by atoms with Crippen molar-refractivity contribution in [2.45, 2.75) is 51.0 Å². The molecule has 4 aliphatic heterocycles. The number of hydrogen-bond donors (Lipinski definition) is 3. The monoisotopic (exact) mass is 769 g/mol. The highest BCUT2D eigenvalue weighted by molar-refractivity contribution is 7.13. The maximum Gasteiger partial charge on any atom is 0.490 e. The predicted molar refractivity (Wildman–Crippen MR) is 187 cm³/mol. The molecule has 0 bridgehead atoms. The summed E-state index contributed by atoms with van der Waals surface area (Å²) in [6, 6.07) is 10.1. The molecule has 6 heterocycles. The van der Waals surface area contributed by atoms with Crippen molar-refractivity contribution in [3.63, 3.8) is 0 Å². The molecule has 2 saturated heterocycles. The summed E-state index contributed by atoms with van der Waals surface area (Å²) in [6.45, 7) is 4.35. The Bertz CT molecular complexity index is 2070. The van der Waals surface area contributed by atoms with Crippen LogP contribution in [-0.4, -0.2) is 97.2 Å². The number of nitrogens with one attached hydrogen (secondary N) is 1. The maximum absolute atomic E-state index is 15.7. The van der Waals surface area contributed by atoms with Crippen LogP contribution in [0.3, 0.4) is 0 Å². The fourth-order valence-electron chi connectivity index (χ4n) is 7.79. The molecule has 54 heavy (non-hydrogen) atoms. The number of anilines is 2. The summed E-state index contributed by atoms with van der Waals surface area (Å²) in [5.74, 6) is -4.85. The molecule has 2 amide bonds. The Morgan fingerprint density at radius 2 is 1.70 bits per heavy atom. The summed E-state index contributed by atoms with van der Waals surface area (Å²) in [7, 11) is 0. The Morgan fingerprint density at radius 3 is 2.33 bits per heavy atom. The van der Waals surface area contributed by atoms with Crippen LogP contribution >= 0.6 is 11.3 Å². The van der Waals surface area contributed by atoms with Gasteiger partial charge in [0, 0.05) is 66.8 Å². The summed E-state index contributed by atoms with van der Waals surface area (Å²) in [4.78, 5) is 62.1. The smallest absolute Gasteiger partial charge is 0.480 e. The van der Waals surface area contributed by atoms with Crippen molar-refractivity contribution in [1.29, 1.82) is 0 Å². The zero-order chi connectivity index (χ0) is 38.4. The number of aromatic nitrogens is 3. The van der Waals surface area contributed by atoms with Gasteiger partial charge in [-0.15, -0.1) is 11.3 Å². The summed E-state index contributed by atoms with van der Waals surface area (Å²) < 4.78 is 49.5. The topological polar surface area (TPSA) is 161 Å². The van der Waals surface area contributed by atoms with Gasteiger partial charge in [-0.3, -0.25) is 24.6 Å². The second kappa shape index (κ2) is 14.5. The van der Waals surface area contributed by atoms with Crippen molar-refractivity contribution >= 4 is 45.9 Å². The van der Waals surface area contributed by atoms with Crippen LogP contribution < -0.4 is 10.2 Å². The van der Waals surface area contributed by atoms with Gasteiger partial charge in [0.05, 0.1) is 25.1 Å². The SMILES string of the molecule is O=C(O)C(F)(F)F.O=C(O)CN1CC2(CCN(c3ccc(-c4cc(F)c5c(c4)C(=O)N(C(C(=O)Nc4nccs4)c4ncn6c4CCC6)C5)cc3)CC2)C1. The number of halogens is 4. The number of nitrogens with zero attached hydrogens (tertiary/aromatic N) is 6. The lowest BCUT2D eigenvalue weighted by Crippen LogP contribution is -2.61. The zero-order valence-corrected chi connectivity index (χ0v) is 29.5. The van der Waals surface area contributed by atoms with Crippen LogP contribution in [0.4, 0.5) is 28.4 Å². The van der Waals surface area contributed by atoms with E-state index in [1.54, 1.807) is 24.0 Å². The van der Waals surface area contributed by atoms with Gasteiger partial charge >= 0.3 is 18.1 Å². The van der Waals surface area contributed by atoms with Crippen LogP contribution in [0.5, 0.6) is 0 Å². The number of benzene rings is 2. The molecule has 2 aromatic heterocycles. The zero-order valence-electron chi connectivity index (χ0n) is 28.7. The van der Waals surface area contributed by atoms with Gasteiger partial charge in [-0.25, -0.2) is 19.2 Å². The molecule has 4 aromatic rings. The van der Waals surface area contributed by atoms with E-state index in [-0.39, 0.29) is 29.6 Å². The summed E-state index contributed by atoms with van der Waals surface area (Å²) >= 11 is 1.28. The van der Waals surface area contributed by atoms with Crippen LogP contribution in [0.2, 0.25) is 0 Å². The van der Waals surface area contributed by atoms with Gasteiger partial charge in [0.25, 0.3) is 11.8 Å². The lowest BCUT2D eigenvalue weighted by atomic mass is 9.72. The number of carbonyl (C=O) groups excluding carboxylic acids is 2. The average Bonchev–Trinajstić information content (AvgIpc) is 3.92. The second-order valence-electron chi connectivity index (χ2n) is 13.9. The number of carbonyl (C=O) groups is 4. The number of aryl methyl sites for hydroxylation is 1. The van der Waals surface area contributed by atoms with E-state index in [1.807, 2.05) is 33.7 Å². The third-order valence-electron chi connectivity index (χ3n) is 10.4. The fraction of sp³-hybridized carbons (Fsp3) is 0.389. The average molecular weight is 770 g/mol. The third-order valence-corrected chi connectivity index (χ3v) is 11.1. The van der Waals surface area contributed by atoms with E-state index in [0.717, 1.165) is 75.4 Å². The van der Waals surface area contributed by atoms with Crippen molar-refractivity contribution in [1.82, 2.24) is 24.3 Å². The predicted octanol–water partition coefficient (Wildman–Crippen LogP) is 5.05. The van der Waals surface area contributed by atoms with Crippen molar-refractivity contribution in [3.05, 3.63) is 82.6 Å². The summed E-state index contributed by atoms with van der Waals surface area (Å²) in [5.41, 5.74) is 4.66. The van der Waals surface area contributed by atoms with Gasteiger partial charge < -0.3 is 24.6 Å². The van der Waals surface area contributed by atoms with Gasteiger partial charge in [-0.1, -0.05) is 12.1 Å². The molecular weight excluding hydrogens is 734 g/mol. The van der Waals surface area contributed by atoms with Crippen LogP contribution in [0.1, 0.15) is 52.6 Å². The quantitative estimate of drug-likeness (QED) is 0.207. The first-order valence-corrected chi connectivity index (χ1v) is 18.1. The van der Waals surface area contributed by atoms with Crippen LogP contribution in [0, 0.1) is 11.2 Å². The van der Waals surface area contributed by atoms with Crippen molar-refractivity contribution in [2.75, 3.05) is 42.9 Å². The third kappa shape index (κ3) is 7.39. The molecule has 13 nitrogen and oxygen atoms in total. The number of carboxylic acid groups (broad SMARTS) is 2. The number of fused-ring (bicyclic) bond motifs is 2. The highest BCUT2D eigenvalue weighted by atomic mass is 32.1. The number of hydrogen-bond acceptors (Lipinski definition) is 9. The van der Waals surface area contributed by atoms with E-state index in [2.05, 4.69) is 20.2 Å². The van der Waals surface area contributed by atoms with E-state index in [1.165, 1.54) is 22.3 Å². The normalized spacial score (nSPS) is 18.0. The molecule has 284 valence electrons. The molecule has 2 fully saturated rings. The number of alkyl halides is 3. The number of piperidine rings is 1. The number of carboxylic acids is 2. The molecule has 1 unspecified atom stereocenters. The van der Waals surface area contributed by atoms with E-state index < -0.39 is 41.8 Å². The van der Waals surface area contributed by atoms with Gasteiger partial charge in [0.15, 0.2) is 11.2 Å². The Labute approximate surface area is 309 Å². The first-order chi connectivity index (χ1) is 25.7. The van der Waals surface area contributed by atoms with E-state index in [9.17, 15) is 27.6 Å². The number of aliphatic carboxylic acids is 2. The number of amides is 2. The van der Waals surface area contributed by atoms with Crippen molar-refractivity contribution in [2.24, 2.45) is 5.41 Å². The summed E-state index contributed by atoms with van der Waals surface area (Å²) in [6.07, 6.45) is 1.95. The van der Waals surface area contributed by atoms with Crippen LogP contribution in [0.15, 0.2) is 54.3 Å². The minimum absolute atomic E-state index is 0.0357. The van der Waals surface area contributed by atoms with Gasteiger partial charge in [-0.05, 0) is 66.5 Å². The van der Waals surface area contributed by atoms with Crippen molar-refractivity contribution in [3.8, 4) is 11.1 Å². The molecule has 0 saturated carbocycles. The molecule has 0 radical (unpaired) electrons. The number of imidazole rings is 1.